The Bertz CT molecular complexity index is 703. The molecule has 0 radical (unpaired) electrons. The topological polar surface area (TPSA) is 34.1 Å². The molecule has 0 atom stereocenters. The normalized spacial score (nSPS) is 13.2. The summed E-state index contributed by atoms with van der Waals surface area (Å²) in [5.41, 5.74) is 1.26. The van der Waals surface area contributed by atoms with E-state index in [1.165, 1.54) is 0 Å². The van der Waals surface area contributed by atoms with Crippen LogP contribution >= 0.6 is 23.2 Å². The Hall–Kier alpha value is -1.55. The van der Waals surface area contributed by atoms with Gasteiger partial charge in [0.25, 0.3) is 0 Å². The van der Waals surface area contributed by atoms with Gasteiger partial charge in [0, 0.05) is 0 Å². The molecule has 5 heteroatoms. The molecule has 2 aromatic carbocycles. The van der Waals surface area contributed by atoms with Crippen molar-refractivity contribution in [2.24, 2.45) is 0 Å². The van der Waals surface area contributed by atoms with Crippen molar-refractivity contribution in [3.63, 3.8) is 0 Å². The number of hydrogen-bond acceptors (Lipinski definition) is 2. The summed E-state index contributed by atoms with van der Waals surface area (Å²) in [6, 6.07) is 17.7. The second kappa shape index (κ2) is 6.94. The van der Waals surface area contributed by atoms with Gasteiger partial charge in [-0.3, -0.25) is 0 Å². The van der Waals surface area contributed by atoms with E-state index in [0.29, 0.717) is 11.1 Å². The van der Waals surface area contributed by atoms with Gasteiger partial charge in [-0.1, -0.05) is 83.9 Å². The molecule has 0 bridgehead atoms. The minimum Gasteiger partial charge on any atom is -0.220 e. The molecule has 0 aliphatic carbocycles. The van der Waals surface area contributed by atoms with E-state index in [0.717, 1.165) is 10.8 Å². The van der Waals surface area contributed by atoms with Crippen LogP contribution in [0, 0.1) is 0 Å². The third-order valence-electron chi connectivity index (χ3n) is 2.63. The third-order valence-corrected chi connectivity index (χ3v) is 4.68. The average Bonchev–Trinajstić information content (AvgIpc) is 2.48. The highest BCUT2D eigenvalue weighted by Crippen LogP contribution is 2.24. The fraction of sp³-hybridized carbons (Fsp3) is 0. The highest BCUT2D eigenvalue weighted by molar-refractivity contribution is 7.97. The predicted molar refractivity (Wildman–Crippen MR) is 89.5 cm³/mol. The van der Waals surface area contributed by atoms with Gasteiger partial charge in [0.1, 0.15) is 0 Å². The third kappa shape index (κ3) is 4.74. The van der Waals surface area contributed by atoms with Crippen LogP contribution < -0.4 is 0 Å². The Labute approximate surface area is 134 Å². The first-order valence-electron chi connectivity index (χ1n) is 6.08. The quantitative estimate of drug-likeness (QED) is 0.796. The summed E-state index contributed by atoms with van der Waals surface area (Å²) in [6.07, 6.45) is 0. The number of benzene rings is 2. The minimum atomic E-state index is -3.66. The van der Waals surface area contributed by atoms with Crippen molar-refractivity contribution in [2.45, 2.75) is 0 Å². The zero-order chi connectivity index (χ0) is 15.3. The number of halogens is 2. The molecule has 0 N–H and O–H groups in total. The van der Waals surface area contributed by atoms with E-state index in [1.54, 1.807) is 48.5 Å². The highest BCUT2D eigenvalue weighted by Gasteiger charge is 2.09. The van der Waals surface area contributed by atoms with Gasteiger partial charge in [0.05, 0.1) is 20.9 Å². The molecule has 0 amide bonds. The molecule has 0 heterocycles. The molecule has 0 saturated carbocycles. The summed E-state index contributed by atoms with van der Waals surface area (Å²) in [5.74, 6) is 0. The Morgan fingerprint density at radius 1 is 0.714 bits per heavy atom. The van der Waals surface area contributed by atoms with E-state index >= 15 is 0 Å². The van der Waals surface area contributed by atoms with Gasteiger partial charge < -0.3 is 0 Å². The Morgan fingerprint density at radius 3 is 1.38 bits per heavy atom. The molecule has 108 valence electrons. The SMILES string of the molecule is O=S(=O)(C=C(Cl)c1ccccc1)C=C(Cl)c1ccccc1. The van der Waals surface area contributed by atoms with E-state index in [2.05, 4.69) is 0 Å². The molecule has 2 aromatic rings. The number of sulfone groups is 1. The van der Waals surface area contributed by atoms with Crippen LogP contribution in [0.25, 0.3) is 10.1 Å². The van der Waals surface area contributed by atoms with Crippen molar-refractivity contribution >= 4 is 43.1 Å². The lowest BCUT2D eigenvalue weighted by molar-refractivity contribution is 0.613. The molecule has 2 rings (SSSR count). The molecule has 0 aliphatic heterocycles. The standard InChI is InChI=1S/C16H12Cl2O2S/c17-15(13-7-3-1-4-8-13)11-21(19,20)12-16(18)14-9-5-2-6-10-14/h1-12H. The van der Waals surface area contributed by atoms with Crippen molar-refractivity contribution < 1.29 is 8.42 Å². The first kappa shape index (κ1) is 15.8. The van der Waals surface area contributed by atoms with Gasteiger partial charge in [-0.05, 0) is 11.1 Å². The van der Waals surface area contributed by atoms with Crippen molar-refractivity contribution in [1.29, 1.82) is 0 Å². The van der Waals surface area contributed by atoms with Crippen LogP contribution in [0.5, 0.6) is 0 Å². The van der Waals surface area contributed by atoms with E-state index in [9.17, 15) is 8.42 Å². The maximum atomic E-state index is 12.1. The van der Waals surface area contributed by atoms with Gasteiger partial charge >= 0.3 is 0 Å². The summed E-state index contributed by atoms with van der Waals surface area (Å²) < 4.78 is 24.2. The Balaban J connectivity index is 2.31. The van der Waals surface area contributed by atoms with E-state index < -0.39 is 9.84 Å². The summed E-state index contributed by atoms with van der Waals surface area (Å²) in [7, 11) is -3.66. The molecule has 0 unspecified atom stereocenters. The van der Waals surface area contributed by atoms with Crippen LogP contribution in [0.4, 0.5) is 0 Å². The maximum Gasteiger partial charge on any atom is 0.196 e. The van der Waals surface area contributed by atoms with Crippen LogP contribution in [-0.2, 0) is 9.84 Å². The van der Waals surface area contributed by atoms with Gasteiger partial charge in [0.2, 0.25) is 0 Å². The molecular weight excluding hydrogens is 327 g/mol. The molecule has 0 aliphatic rings. The van der Waals surface area contributed by atoms with Crippen LogP contribution in [-0.4, -0.2) is 8.42 Å². The molecule has 0 fully saturated rings. The van der Waals surface area contributed by atoms with Crippen molar-refractivity contribution in [3.05, 3.63) is 82.6 Å². The smallest absolute Gasteiger partial charge is 0.196 e. The Morgan fingerprint density at radius 2 is 1.05 bits per heavy atom. The summed E-state index contributed by atoms with van der Waals surface area (Å²) in [4.78, 5) is 0. The molecule has 2 nitrogen and oxygen atoms in total. The minimum absolute atomic E-state index is 0.143. The molecule has 0 spiro atoms. The van der Waals surface area contributed by atoms with Crippen LogP contribution in [0.15, 0.2) is 71.5 Å². The highest BCUT2D eigenvalue weighted by atomic mass is 35.5. The zero-order valence-electron chi connectivity index (χ0n) is 10.9. The lowest BCUT2D eigenvalue weighted by Gasteiger charge is -2.00. The Kier molecular flexibility index (Phi) is 5.23. The maximum absolute atomic E-state index is 12.1. The second-order valence-electron chi connectivity index (χ2n) is 4.25. The first-order valence-corrected chi connectivity index (χ1v) is 8.45. The first-order chi connectivity index (χ1) is 9.98. The summed E-state index contributed by atoms with van der Waals surface area (Å²) in [5, 5.41) is 2.28. The van der Waals surface area contributed by atoms with Gasteiger partial charge in [-0.25, -0.2) is 8.42 Å². The fourth-order valence-corrected chi connectivity index (χ4v) is 3.57. The van der Waals surface area contributed by atoms with Gasteiger partial charge in [0.15, 0.2) is 9.84 Å². The predicted octanol–water partition coefficient (Wildman–Crippen LogP) is 4.88. The van der Waals surface area contributed by atoms with E-state index in [-0.39, 0.29) is 10.1 Å². The monoisotopic (exact) mass is 338 g/mol. The van der Waals surface area contributed by atoms with E-state index in [4.69, 9.17) is 23.2 Å². The molecule has 0 saturated heterocycles. The fourth-order valence-electron chi connectivity index (χ4n) is 1.65. The van der Waals surface area contributed by atoms with Crippen molar-refractivity contribution in [2.75, 3.05) is 0 Å². The van der Waals surface area contributed by atoms with Crippen molar-refractivity contribution in [1.82, 2.24) is 0 Å². The second-order valence-corrected chi connectivity index (χ2v) is 6.72. The molecule has 0 aromatic heterocycles. The van der Waals surface area contributed by atoms with E-state index in [1.807, 2.05) is 12.1 Å². The lowest BCUT2D eigenvalue weighted by atomic mass is 10.2. The van der Waals surface area contributed by atoms with Crippen molar-refractivity contribution in [3.8, 4) is 0 Å². The average molecular weight is 339 g/mol. The number of rotatable bonds is 4. The van der Waals surface area contributed by atoms with Crippen LogP contribution in [0.2, 0.25) is 0 Å². The van der Waals surface area contributed by atoms with Crippen LogP contribution in [0.3, 0.4) is 0 Å². The lowest BCUT2D eigenvalue weighted by Crippen LogP contribution is -1.91. The van der Waals surface area contributed by atoms with Crippen LogP contribution in [0.1, 0.15) is 11.1 Å². The van der Waals surface area contributed by atoms with Gasteiger partial charge in [-0.15, -0.1) is 0 Å². The van der Waals surface area contributed by atoms with Gasteiger partial charge in [-0.2, -0.15) is 0 Å². The number of hydrogen-bond donors (Lipinski definition) is 0. The zero-order valence-corrected chi connectivity index (χ0v) is 13.2. The largest absolute Gasteiger partial charge is 0.220 e. The summed E-state index contributed by atoms with van der Waals surface area (Å²) >= 11 is 12.1. The molecular formula is C16H12Cl2O2S. The molecule has 21 heavy (non-hydrogen) atoms. The summed E-state index contributed by atoms with van der Waals surface area (Å²) in [6.45, 7) is 0.